The standard InChI is InChI=1S/C21H19N5O2.C21H19N5O/c1-2-22-21(27)24-18-7-3-5-16(11-18)19-13-23-20-12-15(8-10-26(19)20)17-6-4-9-25(28)14-17;1-2-23-21(27)25-18-7-3-5-16(11-18)19-14-24-20-12-15(8-10-26(19)20)17-6-4-9-22-13-17/h3-14H,2H2,1H3,(H2,22,24,27);3-14H,2H2,1H3,(H2,23,25,27). The summed E-state index contributed by atoms with van der Waals surface area (Å²) in [6, 6.07) is 30.4. The maximum atomic E-state index is 11.8. The van der Waals surface area contributed by atoms with Gasteiger partial charge in [0.2, 0.25) is 0 Å². The summed E-state index contributed by atoms with van der Waals surface area (Å²) in [4.78, 5) is 36.7. The molecular weight excluding hydrogens is 693 g/mol. The molecule has 0 atom stereocenters. The number of rotatable bonds is 8. The van der Waals surface area contributed by atoms with E-state index in [1.807, 2.05) is 138 Å². The lowest BCUT2D eigenvalue weighted by Crippen LogP contribution is -2.28. The van der Waals surface area contributed by atoms with Crippen molar-refractivity contribution in [3.8, 4) is 44.8 Å². The first kappa shape index (κ1) is 35.8. The number of hydrogen-bond acceptors (Lipinski definition) is 6. The highest BCUT2D eigenvalue weighted by molar-refractivity contribution is 5.91. The molecule has 0 unspecified atom stereocenters. The number of fused-ring (bicyclic) bond motifs is 2. The zero-order chi connectivity index (χ0) is 38.1. The second kappa shape index (κ2) is 16.4. The molecular formula is C42H38N10O3. The lowest BCUT2D eigenvalue weighted by Gasteiger charge is -2.08. The van der Waals surface area contributed by atoms with E-state index >= 15 is 0 Å². The zero-order valence-corrected chi connectivity index (χ0v) is 30.2. The molecule has 0 aliphatic rings. The van der Waals surface area contributed by atoms with Gasteiger partial charge in [-0.05, 0) is 85.6 Å². The average molecular weight is 731 g/mol. The van der Waals surface area contributed by atoms with E-state index in [-0.39, 0.29) is 12.1 Å². The fourth-order valence-corrected chi connectivity index (χ4v) is 6.09. The van der Waals surface area contributed by atoms with Crippen LogP contribution in [0.1, 0.15) is 13.8 Å². The second-order valence-corrected chi connectivity index (χ2v) is 12.4. The molecule has 13 nitrogen and oxygen atoms in total. The number of pyridine rings is 4. The summed E-state index contributed by atoms with van der Waals surface area (Å²) in [6.07, 6.45) is 14.2. The van der Waals surface area contributed by atoms with E-state index < -0.39 is 0 Å². The van der Waals surface area contributed by atoms with Gasteiger partial charge in [-0.2, -0.15) is 4.73 Å². The van der Waals surface area contributed by atoms with Crippen molar-refractivity contribution in [2.24, 2.45) is 0 Å². The molecule has 2 aromatic carbocycles. The van der Waals surface area contributed by atoms with E-state index in [0.717, 1.165) is 66.5 Å². The molecule has 0 radical (unpaired) electrons. The minimum Gasteiger partial charge on any atom is -0.619 e. The maximum Gasteiger partial charge on any atom is 0.319 e. The van der Waals surface area contributed by atoms with Crippen LogP contribution in [0, 0.1) is 5.21 Å². The Morgan fingerprint density at radius 1 is 0.618 bits per heavy atom. The number of anilines is 2. The summed E-state index contributed by atoms with van der Waals surface area (Å²) in [7, 11) is 0. The molecule has 13 heteroatoms. The molecule has 6 heterocycles. The Bertz CT molecular complexity index is 2600. The van der Waals surface area contributed by atoms with Crippen molar-refractivity contribution in [1.29, 1.82) is 0 Å². The number of nitrogens with zero attached hydrogens (tertiary/aromatic N) is 6. The fourth-order valence-electron chi connectivity index (χ4n) is 6.09. The topological polar surface area (TPSA) is 157 Å². The first-order valence-corrected chi connectivity index (χ1v) is 17.7. The fraction of sp³-hybridized carbons (Fsp3) is 0.0952. The van der Waals surface area contributed by atoms with E-state index in [0.29, 0.717) is 18.8 Å². The first-order valence-electron chi connectivity index (χ1n) is 17.7. The minimum absolute atomic E-state index is 0.214. The van der Waals surface area contributed by atoms with E-state index in [9.17, 15) is 14.8 Å². The van der Waals surface area contributed by atoms with Crippen molar-refractivity contribution in [3.63, 3.8) is 0 Å². The Morgan fingerprint density at radius 2 is 1.15 bits per heavy atom. The largest absolute Gasteiger partial charge is 0.619 e. The lowest BCUT2D eigenvalue weighted by atomic mass is 10.1. The van der Waals surface area contributed by atoms with Crippen molar-refractivity contribution < 1.29 is 14.3 Å². The summed E-state index contributed by atoms with van der Waals surface area (Å²) in [6.45, 7) is 4.90. The molecule has 6 aromatic heterocycles. The third-order valence-electron chi connectivity index (χ3n) is 8.64. The predicted octanol–water partition coefficient (Wildman–Crippen LogP) is 7.65. The van der Waals surface area contributed by atoms with Crippen molar-refractivity contribution >= 4 is 34.7 Å². The van der Waals surface area contributed by atoms with Gasteiger partial charge in [-0.1, -0.05) is 30.3 Å². The van der Waals surface area contributed by atoms with E-state index in [2.05, 4.69) is 36.2 Å². The second-order valence-electron chi connectivity index (χ2n) is 12.4. The molecule has 8 aromatic rings. The molecule has 55 heavy (non-hydrogen) atoms. The van der Waals surface area contributed by atoms with Crippen LogP contribution in [0.5, 0.6) is 0 Å². The van der Waals surface area contributed by atoms with Crippen LogP contribution in [0.25, 0.3) is 56.1 Å². The van der Waals surface area contributed by atoms with Gasteiger partial charge < -0.3 is 26.5 Å². The van der Waals surface area contributed by atoms with Gasteiger partial charge in [0.25, 0.3) is 0 Å². The van der Waals surface area contributed by atoms with Gasteiger partial charge in [0.1, 0.15) is 11.3 Å². The molecule has 0 spiro atoms. The number of carbonyl (C=O) groups is 2. The highest BCUT2D eigenvalue weighted by atomic mass is 16.5. The van der Waals surface area contributed by atoms with Gasteiger partial charge in [0.15, 0.2) is 12.4 Å². The molecule has 0 saturated heterocycles. The molecule has 0 aliphatic heterocycles. The lowest BCUT2D eigenvalue weighted by molar-refractivity contribution is -0.604. The van der Waals surface area contributed by atoms with Crippen LogP contribution in [-0.4, -0.2) is 48.9 Å². The van der Waals surface area contributed by atoms with Crippen molar-refractivity contribution in [3.05, 3.63) is 152 Å². The minimum atomic E-state index is -0.235. The monoisotopic (exact) mass is 730 g/mol. The molecule has 4 N–H and O–H groups in total. The Balaban J connectivity index is 0.000000169. The Morgan fingerprint density at radius 3 is 1.65 bits per heavy atom. The molecule has 0 fully saturated rings. The van der Waals surface area contributed by atoms with Crippen LogP contribution >= 0.6 is 0 Å². The Hall–Kier alpha value is -7.54. The molecule has 8 rings (SSSR count). The summed E-state index contributed by atoms with van der Waals surface area (Å²) in [5.74, 6) is 0. The van der Waals surface area contributed by atoms with Gasteiger partial charge in [-0.15, -0.1) is 0 Å². The van der Waals surface area contributed by atoms with Crippen molar-refractivity contribution in [1.82, 2.24) is 34.4 Å². The van der Waals surface area contributed by atoms with Gasteiger partial charge in [-0.25, -0.2) is 19.6 Å². The van der Waals surface area contributed by atoms with Crippen LogP contribution < -0.4 is 26.0 Å². The van der Waals surface area contributed by atoms with Crippen molar-refractivity contribution in [2.45, 2.75) is 13.8 Å². The number of urea groups is 2. The number of aromatic nitrogens is 6. The van der Waals surface area contributed by atoms with E-state index in [4.69, 9.17) is 0 Å². The molecule has 0 aliphatic carbocycles. The predicted molar refractivity (Wildman–Crippen MR) is 214 cm³/mol. The summed E-state index contributed by atoms with van der Waals surface area (Å²) in [5.41, 5.74) is 10.7. The Labute approximate surface area is 317 Å². The van der Waals surface area contributed by atoms with Gasteiger partial charge in [0, 0.05) is 77.6 Å². The molecule has 0 saturated carbocycles. The van der Waals surface area contributed by atoms with Crippen LogP contribution in [-0.2, 0) is 0 Å². The summed E-state index contributed by atoms with van der Waals surface area (Å²) >= 11 is 0. The highest BCUT2D eigenvalue weighted by Gasteiger charge is 2.11. The third kappa shape index (κ3) is 8.42. The van der Waals surface area contributed by atoms with Gasteiger partial charge >= 0.3 is 12.1 Å². The number of hydrogen-bond donors (Lipinski definition) is 4. The summed E-state index contributed by atoms with van der Waals surface area (Å²) in [5, 5.41) is 22.6. The number of carbonyl (C=O) groups excluding carboxylic acids is 2. The number of benzene rings is 2. The molecule has 0 bridgehead atoms. The van der Waals surface area contributed by atoms with E-state index in [1.54, 1.807) is 18.5 Å². The van der Waals surface area contributed by atoms with Crippen molar-refractivity contribution in [2.75, 3.05) is 23.7 Å². The molecule has 274 valence electrons. The summed E-state index contributed by atoms with van der Waals surface area (Å²) < 4.78 is 4.79. The van der Waals surface area contributed by atoms with Crippen LogP contribution in [0.15, 0.2) is 147 Å². The Kier molecular flexibility index (Phi) is 10.7. The first-order chi connectivity index (χ1) is 26.9. The average Bonchev–Trinajstić information content (AvgIpc) is 3.83. The van der Waals surface area contributed by atoms with Crippen LogP contribution in [0.4, 0.5) is 21.0 Å². The highest BCUT2D eigenvalue weighted by Crippen LogP contribution is 2.28. The van der Waals surface area contributed by atoms with Crippen LogP contribution in [0.3, 0.4) is 0 Å². The quantitative estimate of drug-likeness (QED) is 0.0930. The smallest absolute Gasteiger partial charge is 0.319 e. The number of nitrogens with one attached hydrogen (secondary N) is 4. The maximum absolute atomic E-state index is 11.8. The number of amides is 4. The van der Waals surface area contributed by atoms with Gasteiger partial charge in [-0.3, -0.25) is 13.8 Å². The van der Waals surface area contributed by atoms with E-state index in [1.165, 1.54) is 12.4 Å². The SMILES string of the molecule is CCNC(=O)Nc1cccc(-c2cnc3cc(-c4ccc[n+]([O-])c4)ccn23)c1.CCNC(=O)Nc1cccc(-c2cnc3cc(-c4cccnc4)ccn23)c1. The molecule has 4 amide bonds. The van der Waals surface area contributed by atoms with Gasteiger partial charge in [0.05, 0.1) is 23.8 Å². The zero-order valence-electron chi connectivity index (χ0n) is 30.2. The normalized spacial score (nSPS) is 10.7. The third-order valence-corrected chi connectivity index (χ3v) is 8.64. The number of imidazole rings is 2. The van der Waals surface area contributed by atoms with Crippen LogP contribution in [0.2, 0.25) is 0 Å².